The number of hydrogen-bond acceptors (Lipinski definition) is 3. The number of carbonyl (C=O) groups is 1. The summed E-state index contributed by atoms with van der Waals surface area (Å²) in [6, 6.07) is 11.8. The van der Waals surface area contributed by atoms with E-state index in [0.29, 0.717) is 11.3 Å². The van der Waals surface area contributed by atoms with Crippen LogP contribution in [0.3, 0.4) is 0 Å². The van der Waals surface area contributed by atoms with Gasteiger partial charge in [-0.3, -0.25) is 14.9 Å². The van der Waals surface area contributed by atoms with Crippen LogP contribution in [-0.2, 0) is 11.2 Å². The molecule has 0 heterocycles. The molecular formula is C15H13BrN2O3. The van der Waals surface area contributed by atoms with Crippen molar-refractivity contribution in [2.24, 2.45) is 0 Å². The highest BCUT2D eigenvalue weighted by Gasteiger charge is 2.15. The Hall–Kier alpha value is -2.21. The second-order valence-corrected chi connectivity index (χ2v) is 5.49. The fourth-order valence-electron chi connectivity index (χ4n) is 1.97. The van der Waals surface area contributed by atoms with E-state index in [1.807, 2.05) is 19.1 Å². The van der Waals surface area contributed by atoms with E-state index >= 15 is 0 Å². The number of carbonyl (C=O) groups excluding carboxylic acids is 1. The number of para-hydroxylation sites is 1. The summed E-state index contributed by atoms with van der Waals surface area (Å²) in [5.74, 6) is -0.283. The van der Waals surface area contributed by atoms with Crippen molar-refractivity contribution in [1.82, 2.24) is 0 Å². The number of nitrogens with one attached hydrogen (secondary N) is 1. The van der Waals surface area contributed by atoms with E-state index in [-0.39, 0.29) is 18.0 Å². The molecule has 2 aromatic carbocycles. The molecule has 0 radical (unpaired) electrons. The Morgan fingerprint density at radius 3 is 2.67 bits per heavy atom. The summed E-state index contributed by atoms with van der Waals surface area (Å²) in [5, 5.41) is 13.7. The molecule has 0 aliphatic heterocycles. The van der Waals surface area contributed by atoms with E-state index in [2.05, 4.69) is 21.2 Å². The average molecular weight is 349 g/mol. The highest BCUT2D eigenvalue weighted by atomic mass is 79.9. The molecule has 108 valence electrons. The molecule has 2 rings (SSSR count). The van der Waals surface area contributed by atoms with Gasteiger partial charge in [0.15, 0.2) is 0 Å². The number of benzene rings is 2. The third-order valence-electron chi connectivity index (χ3n) is 3.00. The standard InChI is InChI=1S/C15H13BrN2O3/c1-10-8-12(16)6-7-13(10)17-15(19)9-11-4-2-3-5-14(11)18(20)21/h2-8H,9H2,1H3,(H,17,19). The smallest absolute Gasteiger partial charge is 0.273 e. The van der Waals surface area contributed by atoms with Gasteiger partial charge in [0.2, 0.25) is 5.91 Å². The minimum Gasteiger partial charge on any atom is -0.326 e. The molecule has 1 amide bonds. The lowest BCUT2D eigenvalue weighted by Crippen LogP contribution is -2.15. The lowest BCUT2D eigenvalue weighted by molar-refractivity contribution is -0.385. The van der Waals surface area contributed by atoms with E-state index in [9.17, 15) is 14.9 Å². The van der Waals surface area contributed by atoms with Crippen molar-refractivity contribution < 1.29 is 9.72 Å². The summed E-state index contributed by atoms with van der Waals surface area (Å²) < 4.78 is 0.927. The van der Waals surface area contributed by atoms with Crippen molar-refractivity contribution in [2.75, 3.05) is 5.32 Å². The zero-order valence-electron chi connectivity index (χ0n) is 11.3. The molecule has 1 N–H and O–H groups in total. The summed E-state index contributed by atoms with van der Waals surface area (Å²) >= 11 is 3.35. The first-order chi connectivity index (χ1) is 9.97. The topological polar surface area (TPSA) is 72.2 Å². The van der Waals surface area contributed by atoms with Crippen molar-refractivity contribution in [2.45, 2.75) is 13.3 Å². The van der Waals surface area contributed by atoms with E-state index in [0.717, 1.165) is 10.0 Å². The molecule has 0 fully saturated rings. The van der Waals surface area contributed by atoms with Crippen LogP contribution in [0.15, 0.2) is 46.9 Å². The minimum absolute atomic E-state index is 0.0351. The van der Waals surface area contributed by atoms with Crippen LogP contribution in [0.5, 0.6) is 0 Å². The Kier molecular flexibility index (Phi) is 4.70. The predicted molar refractivity (Wildman–Crippen MR) is 84.3 cm³/mol. The van der Waals surface area contributed by atoms with Crippen LogP contribution in [0.25, 0.3) is 0 Å². The molecule has 0 saturated carbocycles. The Morgan fingerprint density at radius 1 is 1.29 bits per heavy atom. The fraction of sp³-hybridized carbons (Fsp3) is 0.133. The summed E-state index contributed by atoms with van der Waals surface area (Å²) in [6.45, 7) is 1.88. The number of nitro groups is 1. The van der Waals surface area contributed by atoms with Gasteiger partial charge in [0, 0.05) is 21.8 Å². The number of amides is 1. The number of anilines is 1. The van der Waals surface area contributed by atoms with Crippen LogP contribution in [0.2, 0.25) is 0 Å². The van der Waals surface area contributed by atoms with Gasteiger partial charge in [-0.15, -0.1) is 0 Å². The molecule has 6 heteroatoms. The third-order valence-corrected chi connectivity index (χ3v) is 3.50. The molecule has 0 aliphatic rings. The lowest BCUT2D eigenvalue weighted by atomic mass is 10.1. The molecule has 0 unspecified atom stereocenters. The van der Waals surface area contributed by atoms with Crippen LogP contribution in [0.1, 0.15) is 11.1 Å². The molecular weight excluding hydrogens is 336 g/mol. The van der Waals surface area contributed by atoms with Crippen LogP contribution < -0.4 is 5.32 Å². The second kappa shape index (κ2) is 6.49. The summed E-state index contributed by atoms with van der Waals surface area (Å²) in [4.78, 5) is 22.5. The molecule has 0 aromatic heterocycles. The molecule has 0 spiro atoms. The second-order valence-electron chi connectivity index (χ2n) is 4.57. The predicted octanol–water partition coefficient (Wildman–Crippen LogP) is 3.85. The van der Waals surface area contributed by atoms with Gasteiger partial charge in [0.05, 0.1) is 11.3 Å². The fourth-order valence-corrected chi connectivity index (χ4v) is 2.45. The van der Waals surface area contributed by atoms with Crippen LogP contribution >= 0.6 is 15.9 Å². The van der Waals surface area contributed by atoms with Gasteiger partial charge in [0.25, 0.3) is 5.69 Å². The average Bonchev–Trinajstić information content (AvgIpc) is 2.42. The molecule has 0 aliphatic carbocycles. The molecule has 2 aromatic rings. The molecule has 0 atom stereocenters. The van der Waals surface area contributed by atoms with Gasteiger partial charge in [-0.2, -0.15) is 0 Å². The largest absolute Gasteiger partial charge is 0.326 e. The zero-order valence-corrected chi connectivity index (χ0v) is 12.9. The highest BCUT2D eigenvalue weighted by Crippen LogP contribution is 2.22. The van der Waals surface area contributed by atoms with Crippen LogP contribution in [0.4, 0.5) is 11.4 Å². The first-order valence-corrected chi connectivity index (χ1v) is 7.05. The van der Waals surface area contributed by atoms with E-state index in [1.54, 1.807) is 24.3 Å². The molecule has 0 saturated heterocycles. The Balaban J connectivity index is 2.14. The monoisotopic (exact) mass is 348 g/mol. The van der Waals surface area contributed by atoms with Crippen molar-refractivity contribution in [3.63, 3.8) is 0 Å². The number of hydrogen-bond donors (Lipinski definition) is 1. The van der Waals surface area contributed by atoms with Gasteiger partial charge in [0.1, 0.15) is 0 Å². The summed E-state index contributed by atoms with van der Waals surface area (Å²) in [6.07, 6.45) is -0.0351. The SMILES string of the molecule is Cc1cc(Br)ccc1NC(=O)Cc1ccccc1[N+](=O)[O-]. The van der Waals surface area contributed by atoms with Gasteiger partial charge >= 0.3 is 0 Å². The quantitative estimate of drug-likeness (QED) is 0.673. The van der Waals surface area contributed by atoms with Crippen LogP contribution in [0, 0.1) is 17.0 Å². The number of halogens is 1. The van der Waals surface area contributed by atoms with Gasteiger partial charge in [-0.05, 0) is 30.7 Å². The maximum Gasteiger partial charge on any atom is 0.273 e. The van der Waals surface area contributed by atoms with Gasteiger partial charge < -0.3 is 5.32 Å². The van der Waals surface area contributed by atoms with Crippen molar-refractivity contribution in [3.05, 3.63) is 68.2 Å². The Morgan fingerprint density at radius 2 is 2.00 bits per heavy atom. The molecule has 21 heavy (non-hydrogen) atoms. The molecule has 0 bridgehead atoms. The van der Waals surface area contributed by atoms with E-state index in [1.165, 1.54) is 6.07 Å². The summed E-state index contributed by atoms with van der Waals surface area (Å²) in [7, 11) is 0. The molecule has 5 nitrogen and oxygen atoms in total. The maximum atomic E-state index is 12.0. The maximum absolute atomic E-state index is 12.0. The van der Waals surface area contributed by atoms with Crippen molar-refractivity contribution >= 4 is 33.2 Å². The normalized spacial score (nSPS) is 10.2. The first-order valence-electron chi connectivity index (χ1n) is 6.25. The Bertz CT molecular complexity index is 701. The van der Waals surface area contributed by atoms with Gasteiger partial charge in [-0.25, -0.2) is 0 Å². The van der Waals surface area contributed by atoms with E-state index < -0.39 is 4.92 Å². The van der Waals surface area contributed by atoms with E-state index in [4.69, 9.17) is 0 Å². The highest BCUT2D eigenvalue weighted by molar-refractivity contribution is 9.10. The zero-order chi connectivity index (χ0) is 15.4. The number of nitrogens with zero attached hydrogens (tertiary/aromatic N) is 1. The third kappa shape index (κ3) is 3.88. The minimum atomic E-state index is -0.479. The van der Waals surface area contributed by atoms with Gasteiger partial charge in [-0.1, -0.05) is 34.1 Å². The number of rotatable bonds is 4. The first kappa shape index (κ1) is 15.2. The Labute approximate surface area is 130 Å². The number of aryl methyl sites for hydroxylation is 1. The summed E-state index contributed by atoms with van der Waals surface area (Å²) in [5.41, 5.74) is 1.97. The van der Waals surface area contributed by atoms with Crippen molar-refractivity contribution in [1.29, 1.82) is 0 Å². The number of nitro benzene ring substituents is 1. The lowest BCUT2D eigenvalue weighted by Gasteiger charge is -2.09. The van der Waals surface area contributed by atoms with Crippen molar-refractivity contribution in [3.8, 4) is 0 Å². The van der Waals surface area contributed by atoms with Crippen LogP contribution in [-0.4, -0.2) is 10.8 Å².